The molecule has 24 heavy (non-hydrogen) atoms. The van der Waals surface area contributed by atoms with Gasteiger partial charge >= 0.3 is 0 Å². The van der Waals surface area contributed by atoms with Crippen molar-refractivity contribution in [2.24, 2.45) is 0 Å². The smallest absolute Gasteiger partial charge is 0.265 e. The highest BCUT2D eigenvalue weighted by atomic mass is 79.9. The first-order valence-corrected chi connectivity index (χ1v) is 9.82. The van der Waals surface area contributed by atoms with Crippen molar-refractivity contribution in [1.82, 2.24) is 0 Å². The van der Waals surface area contributed by atoms with E-state index in [1.807, 2.05) is 13.0 Å². The Morgan fingerprint density at radius 2 is 1.71 bits per heavy atom. The second-order valence-corrected chi connectivity index (χ2v) is 8.63. The fraction of sp³-hybridized carbons (Fsp3) is 0.235. The summed E-state index contributed by atoms with van der Waals surface area (Å²) in [5.74, 6) is 0. The maximum atomic E-state index is 13.1. The molecule has 0 amide bonds. The first kappa shape index (κ1) is 19.0. The summed E-state index contributed by atoms with van der Waals surface area (Å²) in [6, 6.07) is 10.6. The monoisotopic (exact) mass is 429 g/mol. The summed E-state index contributed by atoms with van der Waals surface area (Å²) in [5, 5.41) is -0.740. The van der Waals surface area contributed by atoms with Crippen LogP contribution in [0.15, 0.2) is 51.8 Å². The highest BCUT2D eigenvalue weighted by Crippen LogP contribution is 2.30. The predicted molar refractivity (Wildman–Crippen MR) is 100 cm³/mol. The summed E-state index contributed by atoms with van der Waals surface area (Å²) in [6.07, 6.45) is 0. The molecule has 0 aliphatic carbocycles. The minimum atomic E-state index is -3.94. The van der Waals surface area contributed by atoms with E-state index in [0.717, 1.165) is 19.9 Å². The van der Waals surface area contributed by atoms with Gasteiger partial charge in [-0.2, -0.15) is 0 Å². The van der Waals surface area contributed by atoms with Gasteiger partial charge in [-0.25, -0.2) is 8.42 Å². The van der Waals surface area contributed by atoms with Crippen LogP contribution in [0.3, 0.4) is 0 Å². The molecule has 0 aromatic heterocycles. The minimum absolute atomic E-state index is 0.0930. The molecule has 1 atom stereocenters. The Bertz CT molecular complexity index is 866. The number of carbonyl (C=O) groups is 1. The van der Waals surface area contributed by atoms with Crippen LogP contribution in [0.25, 0.3) is 0 Å². The summed E-state index contributed by atoms with van der Waals surface area (Å²) in [6.45, 7) is 5.20. The van der Waals surface area contributed by atoms with Crippen molar-refractivity contribution < 1.29 is 13.2 Å². The number of nitrogens with zero attached hydrogens (tertiary/aromatic N) is 1. The van der Waals surface area contributed by atoms with Gasteiger partial charge in [-0.05, 0) is 68.3 Å². The van der Waals surface area contributed by atoms with Crippen LogP contribution < -0.4 is 4.31 Å². The number of aryl methyl sites for hydroxylation is 2. The topological polar surface area (TPSA) is 54.5 Å². The molecule has 0 saturated heterocycles. The fourth-order valence-corrected chi connectivity index (χ4v) is 4.51. The van der Waals surface area contributed by atoms with Crippen LogP contribution in [0.1, 0.15) is 18.1 Å². The third-order valence-corrected chi connectivity index (χ3v) is 6.38. The Morgan fingerprint density at radius 3 is 2.21 bits per heavy atom. The quantitative estimate of drug-likeness (QED) is 0.660. The van der Waals surface area contributed by atoms with Gasteiger partial charge in [0.05, 0.1) is 10.6 Å². The van der Waals surface area contributed by atoms with Crippen LogP contribution in [0.4, 0.5) is 5.69 Å². The molecule has 0 radical (unpaired) electrons. The first-order valence-electron chi connectivity index (χ1n) is 7.21. The number of benzene rings is 2. The van der Waals surface area contributed by atoms with Crippen LogP contribution in [-0.4, -0.2) is 19.7 Å². The molecule has 0 bridgehead atoms. The summed E-state index contributed by atoms with van der Waals surface area (Å²) < 4.78 is 28.1. The molecule has 1 unspecified atom stereocenters. The lowest BCUT2D eigenvalue weighted by atomic mass is 10.1. The Morgan fingerprint density at radius 1 is 1.12 bits per heavy atom. The lowest BCUT2D eigenvalue weighted by Crippen LogP contribution is -2.42. The van der Waals surface area contributed by atoms with Crippen molar-refractivity contribution in [3.63, 3.8) is 0 Å². The van der Waals surface area contributed by atoms with Crippen LogP contribution in [0.2, 0.25) is 0 Å². The van der Waals surface area contributed by atoms with E-state index in [0.29, 0.717) is 5.69 Å². The van der Waals surface area contributed by atoms with Crippen LogP contribution >= 0.6 is 27.5 Å². The molecule has 128 valence electrons. The van der Waals surface area contributed by atoms with Crippen molar-refractivity contribution in [3.05, 3.63) is 58.1 Å². The van der Waals surface area contributed by atoms with Crippen molar-refractivity contribution in [2.75, 3.05) is 4.31 Å². The Balaban J connectivity index is 2.66. The highest BCUT2D eigenvalue weighted by molar-refractivity contribution is 9.10. The van der Waals surface area contributed by atoms with E-state index in [1.165, 1.54) is 19.1 Å². The molecule has 0 N–H and O–H groups in total. The van der Waals surface area contributed by atoms with Gasteiger partial charge in [0.1, 0.15) is 6.04 Å². The first-order chi connectivity index (χ1) is 11.1. The average Bonchev–Trinajstić information content (AvgIpc) is 2.49. The zero-order chi connectivity index (χ0) is 18.1. The average molecular weight is 431 g/mol. The Kier molecular flexibility index (Phi) is 5.73. The lowest BCUT2D eigenvalue weighted by molar-refractivity contribution is -0.112. The zero-order valence-corrected chi connectivity index (χ0v) is 16.6. The largest absolute Gasteiger partial charge is 0.279 e. The van der Waals surface area contributed by atoms with E-state index < -0.39 is 21.3 Å². The number of hydrogen-bond acceptors (Lipinski definition) is 3. The summed E-state index contributed by atoms with van der Waals surface area (Å²) in [5.41, 5.74) is 2.19. The fourth-order valence-electron chi connectivity index (χ4n) is 2.41. The van der Waals surface area contributed by atoms with E-state index >= 15 is 0 Å². The molecule has 0 spiro atoms. The molecule has 2 aromatic carbocycles. The summed E-state index contributed by atoms with van der Waals surface area (Å²) >= 11 is 8.90. The van der Waals surface area contributed by atoms with Crippen molar-refractivity contribution >= 4 is 48.5 Å². The van der Waals surface area contributed by atoms with E-state index in [1.54, 1.807) is 31.2 Å². The number of anilines is 1. The predicted octanol–water partition coefficient (Wildman–Crippen LogP) is 4.42. The molecule has 0 heterocycles. The minimum Gasteiger partial charge on any atom is -0.279 e. The third kappa shape index (κ3) is 3.82. The summed E-state index contributed by atoms with van der Waals surface area (Å²) in [7, 11) is -3.94. The molecular formula is C17H17BrClNO3S. The molecule has 7 heteroatoms. The lowest BCUT2D eigenvalue weighted by Gasteiger charge is -2.29. The molecule has 4 nitrogen and oxygen atoms in total. The second kappa shape index (κ2) is 7.25. The number of rotatable bonds is 5. The SMILES string of the molecule is Cc1ccc(N(C(C)C(=O)Cl)S(=O)(=O)c2ccc(Br)cc2)c(C)c1. The van der Waals surface area contributed by atoms with Gasteiger partial charge in [-0.15, -0.1) is 0 Å². The Labute approximate surface area is 155 Å². The van der Waals surface area contributed by atoms with Gasteiger partial charge < -0.3 is 0 Å². The molecule has 0 aliphatic heterocycles. The van der Waals surface area contributed by atoms with Gasteiger partial charge in [0.15, 0.2) is 0 Å². The molecule has 2 rings (SSSR count). The van der Waals surface area contributed by atoms with Crippen LogP contribution in [0.5, 0.6) is 0 Å². The van der Waals surface area contributed by atoms with E-state index in [9.17, 15) is 13.2 Å². The van der Waals surface area contributed by atoms with Gasteiger partial charge in [0.25, 0.3) is 10.0 Å². The van der Waals surface area contributed by atoms with Crippen molar-refractivity contribution in [2.45, 2.75) is 31.7 Å². The third-order valence-electron chi connectivity index (χ3n) is 3.64. The molecule has 0 aliphatic rings. The Hall–Kier alpha value is -1.37. The van der Waals surface area contributed by atoms with Gasteiger partial charge in [0.2, 0.25) is 5.24 Å². The van der Waals surface area contributed by atoms with Crippen LogP contribution in [0, 0.1) is 13.8 Å². The zero-order valence-electron chi connectivity index (χ0n) is 13.5. The summed E-state index contributed by atoms with van der Waals surface area (Å²) in [4.78, 5) is 11.8. The maximum Gasteiger partial charge on any atom is 0.265 e. The number of hydrogen-bond donors (Lipinski definition) is 0. The normalized spacial score (nSPS) is 12.7. The van der Waals surface area contributed by atoms with Gasteiger partial charge in [-0.1, -0.05) is 33.6 Å². The van der Waals surface area contributed by atoms with Gasteiger partial charge in [0, 0.05) is 4.47 Å². The van der Waals surface area contributed by atoms with Gasteiger partial charge in [-0.3, -0.25) is 9.10 Å². The van der Waals surface area contributed by atoms with Crippen LogP contribution in [-0.2, 0) is 14.8 Å². The van der Waals surface area contributed by atoms with Crippen molar-refractivity contribution in [3.8, 4) is 0 Å². The molecular weight excluding hydrogens is 414 g/mol. The number of sulfonamides is 1. The maximum absolute atomic E-state index is 13.1. The highest BCUT2D eigenvalue weighted by Gasteiger charge is 2.33. The standard InChI is InChI=1S/C17H17BrClNO3S/c1-11-4-9-16(12(2)10-11)20(13(3)17(19)21)24(22,23)15-7-5-14(18)6-8-15/h4-10,13H,1-3H3. The number of carbonyl (C=O) groups excluding carboxylic acids is 1. The molecule has 2 aromatic rings. The second-order valence-electron chi connectivity index (χ2n) is 5.52. The number of halogens is 2. The molecule has 0 saturated carbocycles. The van der Waals surface area contributed by atoms with E-state index in [4.69, 9.17) is 11.6 Å². The van der Waals surface area contributed by atoms with E-state index in [-0.39, 0.29) is 4.90 Å². The van der Waals surface area contributed by atoms with Crippen molar-refractivity contribution in [1.29, 1.82) is 0 Å². The molecule has 0 fully saturated rings. The van der Waals surface area contributed by atoms with E-state index in [2.05, 4.69) is 15.9 Å².